The summed E-state index contributed by atoms with van der Waals surface area (Å²) in [5, 5.41) is 0. The first-order chi connectivity index (χ1) is 3.89. The molecule has 1 aliphatic heterocycles. The van der Waals surface area contributed by atoms with Gasteiger partial charge in [0.1, 0.15) is 0 Å². The lowest BCUT2D eigenvalue weighted by Gasteiger charge is -1.89. The van der Waals surface area contributed by atoms with E-state index in [2.05, 4.69) is 20.1 Å². The van der Waals surface area contributed by atoms with Gasteiger partial charge in [-0.2, -0.15) is 0 Å². The third-order valence-corrected chi connectivity index (χ3v) is 1.16. The fraction of sp³-hybridized carbons (Fsp3) is 0.714. The van der Waals surface area contributed by atoms with Crippen LogP contribution in [0.1, 0.15) is 13.3 Å². The summed E-state index contributed by atoms with van der Waals surface area (Å²) in [6, 6.07) is 0. The van der Waals surface area contributed by atoms with Gasteiger partial charge in [0.15, 0.2) is 0 Å². The summed E-state index contributed by atoms with van der Waals surface area (Å²) in [7, 11) is 0. The minimum absolute atomic E-state index is 0.824. The van der Waals surface area contributed by atoms with E-state index in [1.165, 1.54) is 6.42 Å². The van der Waals surface area contributed by atoms with E-state index in [9.17, 15) is 0 Å². The highest BCUT2D eigenvalue weighted by Crippen LogP contribution is 2.09. The number of ether oxygens (including phenoxy) is 1. The van der Waals surface area contributed by atoms with Crippen LogP contribution in [0.25, 0.3) is 0 Å². The van der Waals surface area contributed by atoms with Crippen molar-refractivity contribution in [2.24, 2.45) is 5.92 Å². The van der Waals surface area contributed by atoms with E-state index in [4.69, 9.17) is 4.74 Å². The first kappa shape index (κ1) is 7.70. The van der Waals surface area contributed by atoms with E-state index in [1.807, 2.05) is 0 Å². The van der Waals surface area contributed by atoms with Gasteiger partial charge in [-0.1, -0.05) is 6.92 Å². The second-order valence-corrected chi connectivity index (χ2v) is 1.97. The number of hydrogen-bond donors (Lipinski definition) is 0. The second kappa shape index (κ2) is 4.85. The monoisotopic (exact) mass is 114 g/mol. The molecule has 1 aliphatic rings. The molecule has 1 fully saturated rings. The van der Waals surface area contributed by atoms with Crippen LogP contribution in [-0.4, -0.2) is 13.2 Å². The molecule has 0 aliphatic carbocycles. The Bertz CT molecular complexity index is 46.3. The molecule has 8 heavy (non-hydrogen) atoms. The third kappa shape index (κ3) is 2.80. The summed E-state index contributed by atoms with van der Waals surface area (Å²) in [5.41, 5.74) is 0. The van der Waals surface area contributed by atoms with Crippen LogP contribution in [-0.2, 0) is 4.74 Å². The van der Waals surface area contributed by atoms with Crippen LogP contribution in [0.2, 0.25) is 0 Å². The van der Waals surface area contributed by atoms with Crippen LogP contribution < -0.4 is 0 Å². The molecule has 48 valence electrons. The molecule has 1 saturated heterocycles. The predicted molar refractivity (Wildman–Crippen MR) is 35.9 cm³/mol. The molecule has 0 aromatic carbocycles. The normalized spacial score (nSPS) is 26.4. The Morgan fingerprint density at radius 2 is 2.12 bits per heavy atom. The van der Waals surface area contributed by atoms with Crippen LogP contribution in [0.4, 0.5) is 0 Å². The zero-order chi connectivity index (χ0) is 6.41. The topological polar surface area (TPSA) is 9.23 Å². The van der Waals surface area contributed by atoms with Crippen LogP contribution in [0.3, 0.4) is 0 Å². The molecular formula is C7H14O. The van der Waals surface area contributed by atoms with Gasteiger partial charge in [0.25, 0.3) is 0 Å². The summed E-state index contributed by atoms with van der Waals surface area (Å²) < 4.78 is 5.06. The van der Waals surface area contributed by atoms with E-state index < -0.39 is 0 Å². The van der Waals surface area contributed by atoms with Gasteiger partial charge in [0, 0.05) is 13.2 Å². The molecule has 1 heteroatoms. The maximum atomic E-state index is 5.06. The molecule has 1 heterocycles. The molecule has 0 saturated carbocycles. The Balaban J connectivity index is 0.000000222. The molecule has 0 amide bonds. The van der Waals surface area contributed by atoms with E-state index in [1.54, 1.807) is 0 Å². The number of rotatable bonds is 0. The molecule has 1 rings (SSSR count). The summed E-state index contributed by atoms with van der Waals surface area (Å²) in [6.07, 6.45) is 1.26. The first-order valence-corrected chi connectivity index (χ1v) is 2.97. The van der Waals surface area contributed by atoms with Gasteiger partial charge in [-0.05, 0) is 12.3 Å². The van der Waals surface area contributed by atoms with Crippen molar-refractivity contribution in [2.75, 3.05) is 13.2 Å². The Hall–Kier alpha value is -0.300. The van der Waals surface area contributed by atoms with Gasteiger partial charge in [0.05, 0.1) is 0 Å². The molecule has 0 radical (unpaired) electrons. The number of hydrogen-bond acceptors (Lipinski definition) is 1. The van der Waals surface area contributed by atoms with Crippen molar-refractivity contribution in [3.05, 3.63) is 13.2 Å². The molecular weight excluding hydrogens is 100 g/mol. The SMILES string of the molecule is C=C.C[C@H]1CCOC1. The molecule has 0 aromatic heterocycles. The Morgan fingerprint density at radius 1 is 1.50 bits per heavy atom. The fourth-order valence-electron chi connectivity index (χ4n) is 0.652. The molecule has 1 atom stereocenters. The third-order valence-electron chi connectivity index (χ3n) is 1.16. The molecule has 0 spiro atoms. The zero-order valence-electron chi connectivity index (χ0n) is 5.52. The van der Waals surface area contributed by atoms with Crippen molar-refractivity contribution in [3.8, 4) is 0 Å². The van der Waals surface area contributed by atoms with Crippen molar-refractivity contribution < 1.29 is 4.74 Å². The van der Waals surface area contributed by atoms with E-state index in [0.717, 1.165) is 19.1 Å². The van der Waals surface area contributed by atoms with Gasteiger partial charge in [0.2, 0.25) is 0 Å². The highest BCUT2D eigenvalue weighted by molar-refractivity contribution is 4.55. The Kier molecular flexibility index (Phi) is 4.67. The van der Waals surface area contributed by atoms with E-state index in [-0.39, 0.29) is 0 Å². The second-order valence-electron chi connectivity index (χ2n) is 1.97. The van der Waals surface area contributed by atoms with Crippen molar-refractivity contribution in [3.63, 3.8) is 0 Å². The smallest absolute Gasteiger partial charge is 0.0492 e. The largest absolute Gasteiger partial charge is 0.381 e. The molecule has 0 bridgehead atoms. The molecule has 1 nitrogen and oxygen atoms in total. The lowest BCUT2D eigenvalue weighted by Crippen LogP contribution is -1.88. The standard InChI is InChI=1S/C5H10O.C2H4/c1-5-2-3-6-4-5;1-2/h5H,2-4H2,1H3;1-2H2/t5-;/m0./s1. The van der Waals surface area contributed by atoms with Crippen molar-refractivity contribution >= 4 is 0 Å². The van der Waals surface area contributed by atoms with E-state index in [0.29, 0.717) is 0 Å². The first-order valence-electron chi connectivity index (χ1n) is 2.97. The quantitative estimate of drug-likeness (QED) is 0.437. The van der Waals surface area contributed by atoms with Gasteiger partial charge >= 0.3 is 0 Å². The maximum Gasteiger partial charge on any atom is 0.0492 e. The predicted octanol–water partition coefficient (Wildman–Crippen LogP) is 1.84. The Labute approximate surface area is 51.4 Å². The lowest BCUT2D eigenvalue weighted by molar-refractivity contribution is 0.188. The summed E-state index contributed by atoms with van der Waals surface area (Å²) in [6.45, 7) is 10.2. The average molecular weight is 114 g/mol. The lowest BCUT2D eigenvalue weighted by atomic mass is 10.2. The summed E-state index contributed by atoms with van der Waals surface area (Å²) in [5.74, 6) is 0.824. The van der Waals surface area contributed by atoms with Gasteiger partial charge in [-0.15, -0.1) is 13.2 Å². The molecule has 0 unspecified atom stereocenters. The molecule has 0 aromatic rings. The van der Waals surface area contributed by atoms with Crippen LogP contribution in [0, 0.1) is 5.92 Å². The highest BCUT2D eigenvalue weighted by atomic mass is 16.5. The van der Waals surface area contributed by atoms with Crippen LogP contribution in [0.5, 0.6) is 0 Å². The Morgan fingerprint density at radius 3 is 2.25 bits per heavy atom. The molecule has 0 N–H and O–H groups in total. The van der Waals surface area contributed by atoms with Gasteiger partial charge in [-0.3, -0.25) is 0 Å². The van der Waals surface area contributed by atoms with Crippen molar-refractivity contribution in [1.29, 1.82) is 0 Å². The van der Waals surface area contributed by atoms with Crippen molar-refractivity contribution in [2.45, 2.75) is 13.3 Å². The minimum Gasteiger partial charge on any atom is -0.381 e. The van der Waals surface area contributed by atoms with Gasteiger partial charge in [-0.25, -0.2) is 0 Å². The van der Waals surface area contributed by atoms with Crippen LogP contribution >= 0.6 is 0 Å². The fourth-order valence-corrected chi connectivity index (χ4v) is 0.652. The summed E-state index contributed by atoms with van der Waals surface area (Å²) in [4.78, 5) is 0. The summed E-state index contributed by atoms with van der Waals surface area (Å²) >= 11 is 0. The van der Waals surface area contributed by atoms with Gasteiger partial charge < -0.3 is 4.74 Å². The van der Waals surface area contributed by atoms with E-state index >= 15 is 0 Å². The highest BCUT2D eigenvalue weighted by Gasteiger charge is 2.07. The minimum atomic E-state index is 0.824. The average Bonchev–Trinajstić information content (AvgIpc) is 2.24. The zero-order valence-corrected chi connectivity index (χ0v) is 5.52. The maximum absolute atomic E-state index is 5.06. The van der Waals surface area contributed by atoms with Crippen molar-refractivity contribution in [1.82, 2.24) is 0 Å². The van der Waals surface area contributed by atoms with Crippen LogP contribution in [0.15, 0.2) is 13.2 Å².